The monoisotopic (exact) mass is 400 g/mol. The van der Waals surface area contributed by atoms with E-state index < -0.39 is 29.0 Å². The van der Waals surface area contributed by atoms with E-state index in [1.54, 1.807) is 18.2 Å². The predicted octanol–water partition coefficient (Wildman–Crippen LogP) is 3.96. The van der Waals surface area contributed by atoms with Gasteiger partial charge in [-0.3, -0.25) is 9.59 Å². The van der Waals surface area contributed by atoms with Crippen molar-refractivity contribution in [3.05, 3.63) is 47.5 Å². The van der Waals surface area contributed by atoms with E-state index in [0.29, 0.717) is 0 Å². The van der Waals surface area contributed by atoms with Crippen molar-refractivity contribution in [2.75, 3.05) is 14.2 Å². The summed E-state index contributed by atoms with van der Waals surface area (Å²) in [7, 11) is 2.44. The van der Waals surface area contributed by atoms with Crippen LogP contribution in [0.1, 0.15) is 36.2 Å². The van der Waals surface area contributed by atoms with E-state index in [1.807, 2.05) is 32.0 Å². The van der Waals surface area contributed by atoms with Crippen LogP contribution in [0.2, 0.25) is 0 Å². The summed E-state index contributed by atoms with van der Waals surface area (Å²) >= 11 is 0. The minimum Gasteiger partial charge on any atom is -0.504 e. The summed E-state index contributed by atoms with van der Waals surface area (Å²) in [4.78, 5) is 24.9. The number of ketones is 1. The number of hydrogen-bond donors (Lipinski definition) is 2. The molecule has 2 aromatic carbocycles. The van der Waals surface area contributed by atoms with Crippen molar-refractivity contribution >= 4 is 17.8 Å². The summed E-state index contributed by atoms with van der Waals surface area (Å²) in [5, 5.41) is 20.9. The Morgan fingerprint density at radius 2 is 1.59 bits per heavy atom. The molecule has 7 heteroatoms. The van der Waals surface area contributed by atoms with E-state index in [2.05, 4.69) is 0 Å². The van der Waals surface area contributed by atoms with Crippen LogP contribution in [0.3, 0.4) is 0 Å². The van der Waals surface area contributed by atoms with Crippen LogP contribution in [-0.4, -0.2) is 36.2 Å². The summed E-state index contributed by atoms with van der Waals surface area (Å²) in [6, 6.07) is 9.08. The number of hydrogen-bond acceptors (Lipinski definition) is 7. The molecule has 2 N–H and O–H groups in total. The zero-order chi connectivity index (χ0) is 21.6. The van der Waals surface area contributed by atoms with E-state index in [-0.39, 0.29) is 29.4 Å². The largest absolute Gasteiger partial charge is 0.504 e. The Morgan fingerprint density at radius 1 is 0.966 bits per heavy atom. The second-order valence-corrected chi connectivity index (χ2v) is 6.65. The molecule has 0 aliphatic heterocycles. The second kappa shape index (κ2) is 9.64. The van der Waals surface area contributed by atoms with Gasteiger partial charge in [0.05, 0.1) is 14.2 Å². The number of aromatic hydroxyl groups is 2. The fourth-order valence-corrected chi connectivity index (χ4v) is 2.68. The number of esters is 1. The van der Waals surface area contributed by atoms with Crippen molar-refractivity contribution < 1.29 is 34.0 Å². The maximum Gasteiger partial charge on any atom is 0.311 e. The fraction of sp³-hybridized carbons (Fsp3) is 0.273. The molecule has 0 atom stereocenters. The summed E-state index contributed by atoms with van der Waals surface area (Å²) in [6.07, 6.45) is 2.89. The first-order valence-corrected chi connectivity index (χ1v) is 8.98. The average Bonchev–Trinajstić information content (AvgIpc) is 2.68. The molecule has 0 aromatic heterocycles. The number of carbonyl (C=O) groups excluding carboxylic acids is 2. The van der Waals surface area contributed by atoms with Crippen LogP contribution < -0.4 is 14.2 Å². The Labute approximate surface area is 169 Å². The van der Waals surface area contributed by atoms with Gasteiger partial charge in [0.1, 0.15) is 5.56 Å². The quantitative estimate of drug-likeness (QED) is 0.299. The molecule has 0 aliphatic rings. The molecule has 0 spiro atoms. The molecule has 0 aliphatic carbocycles. The van der Waals surface area contributed by atoms with Crippen molar-refractivity contribution in [3.8, 4) is 28.7 Å². The summed E-state index contributed by atoms with van der Waals surface area (Å²) in [5.74, 6) is -3.53. The first kappa shape index (κ1) is 21.8. The third-order valence-electron chi connectivity index (χ3n) is 3.99. The molecule has 154 valence electrons. The molecule has 0 unspecified atom stereocenters. The SMILES string of the molecule is COc1c(O)c(OC(=O)CC(C)C)c(OC)c(C(=O)C=Cc2ccccc2)c1O. The van der Waals surface area contributed by atoms with Gasteiger partial charge in [-0.05, 0) is 17.6 Å². The number of ether oxygens (including phenoxy) is 3. The van der Waals surface area contributed by atoms with Crippen LogP contribution in [0, 0.1) is 5.92 Å². The first-order chi connectivity index (χ1) is 13.8. The Kier molecular flexibility index (Phi) is 7.25. The lowest BCUT2D eigenvalue weighted by Gasteiger charge is -2.18. The van der Waals surface area contributed by atoms with Gasteiger partial charge in [0, 0.05) is 6.42 Å². The Hall–Kier alpha value is -3.48. The Bertz CT molecular complexity index is 915. The lowest BCUT2D eigenvalue weighted by atomic mass is 10.0. The molecular weight excluding hydrogens is 376 g/mol. The number of phenols is 2. The molecule has 2 aromatic rings. The minimum absolute atomic E-state index is 0.0181. The smallest absolute Gasteiger partial charge is 0.311 e. The number of phenolic OH excluding ortho intramolecular Hbond substituents is 2. The van der Waals surface area contributed by atoms with Crippen molar-refractivity contribution in [1.82, 2.24) is 0 Å². The molecule has 0 radical (unpaired) electrons. The third kappa shape index (κ3) is 5.07. The van der Waals surface area contributed by atoms with Crippen LogP contribution in [-0.2, 0) is 4.79 Å². The maximum atomic E-state index is 12.8. The molecule has 0 saturated heterocycles. The Morgan fingerprint density at radius 3 is 2.14 bits per heavy atom. The van der Waals surface area contributed by atoms with E-state index in [1.165, 1.54) is 20.3 Å². The molecular formula is C22H24O7. The van der Waals surface area contributed by atoms with Gasteiger partial charge in [-0.2, -0.15) is 0 Å². The van der Waals surface area contributed by atoms with E-state index in [9.17, 15) is 19.8 Å². The van der Waals surface area contributed by atoms with Gasteiger partial charge in [-0.1, -0.05) is 50.3 Å². The standard InChI is InChI=1S/C22H24O7/c1-13(2)12-16(24)29-22-19(26)21(28-4)18(25)17(20(22)27-3)15(23)11-10-14-8-6-5-7-9-14/h5-11,13,25-26H,12H2,1-4H3. The molecule has 0 amide bonds. The lowest BCUT2D eigenvalue weighted by molar-refractivity contribution is -0.135. The van der Waals surface area contributed by atoms with Crippen molar-refractivity contribution in [2.24, 2.45) is 5.92 Å². The average molecular weight is 400 g/mol. The molecule has 7 nitrogen and oxygen atoms in total. The van der Waals surface area contributed by atoms with Crippen LogP contribution in [0.5, 0.6) is 28.7 Å². The number of methoxy groups -OCH3 is 2. The van der Waals surface area contributed by atoms with Gasteiger partial charge in [-0.25, -0.2) is 0 Å². The fourth-order valence-electron chi connectivity index (χ4n) is 2.68. The molecule has 0 saturated carbocycles. The minimum atomic E-state index is -0.637. The van der Waals surface area contributed by atoms with Gasteiger partial charge in [0.2, 0.25) is 17.2 Å². The van der Waals surface area contributed by atoms with E-state index in [4.69, 9.17) is 14.2 Å². The predicted molar refractivity (Wildman–Crippen MR) is 108 cm³/mol. The third-order valence-corrected chi connectivity index (χ3v) is 3.99. The number of rotatable bonds is 8. The van der Waals surface area contributed by atoms with Crippen LogP contribution in [0.4, 0.5) is 0 Å². The molecule has 2 rings (SSSR count). The number of carbonyl (C=O) groups is 2. The molecule has 0 bridgehead atoms. The zero-order valence-corrected chi connectivity index (χ0v) is 16.8. The van der Waals surface area contributed by atoms with Gasteiger partial charge in [-0.15, -0.1) is 0 Å². The van der Waals surface area contributed by atoms with Gasteiger partial charge < -0.3 is 24.4 Å². The second-order valence-electron chi connectivity index (χ2n) is 6.65. The van der Waals surface area contributed by atoms with E-state index in [0.717, 1.165) is 5.56 Å². The van der Waals surface area contributed by atoms with Gasteiger partial charge in [0.15, 0.2) is 17.3 Å². The topological polar surface area (TPSA) is 102 Å². The first-order valence-electron chi connectivity index (χ1n) is 8.98. The highest BCUT2D eigenvalue weighted by Crippen LogP contribution is 2.52. The van der Waals surface area contributed by atoms with E-state index >= 15 is 0 Å². The van der Waals surface area contributed by atoms with Crippen LogP contribution in [0.25, 0.3) is 6.08 Å². The van der Waals surface area contributed by atoms with Crippen molar-refractivity contribution in [3.63, 3.8) is 0 Å². The summed E-state index contributed by atoms with van der Waals surface area (Å²) in [6.45, 7) is 3.66. The highest BCUT2D eigenvalue weighted by molar-refractivity contribution is 6.12. The highest BCUT2D eigenvalue weighted by atomic mass is 16.6. The van der Waals surface area contributed by atoms with Crippen molar-refractivity contribution in [1.29, 1.82) is 0 Å². The summed E-state index contributed by atoms with van der Waals surface area (Å²) < 4.78 is 15.5. The normalized spacial score (nSPS) is 10.9. The van der Waals surface area contributed by atoms with Gasteiger partial charge in [0.25, 0.3) is 0 Å². The Balaban J connectivity index is 2.55. The zero-order valence-electron chi connectivity index (χ0n) is 16.8. The highest BCUT2D eigenvalue weighted by Gasteiger charge is 2.31. The number of benzene rings is 2. The molecule has 29 heavy (non-hydrogen) atoms. The van der Waals surface area contributed by atoms with Crippen LogP contribution >= 0.6 is 0 Å². The maximum absolute atomic E-state index is 12.8. The molecule has 0 fully saturated rings. The molecule has 0 heterocycles. The van der Waals surface area contributed by atoms with Gasteiger partial charge >= 0.3 is 5.97 Å². The van der Waals surface area contributed by atoms with Crippen LogP contribution in [0.15, 0.2) is 36.4 Å². The summed E-state index contributed by atoms with van der Waals surface area (Å²) in [5.41, 5.74) is 0.482. The lowest BCUT2D eigenvalue weighted by Crippen LogP contribution is -2.13. The number of allylic oxidation sites excluding steroid dienone is 1. The van der Waals surface area contributed by atoms with Crippen molar-refractivity contribution in [2.45, 2.75) is 20.3 Å².